The van der Waals surface area contributed by atoms with Crippen LogP contribution in [0.4, 0.5) is 0 Å². The zero-order valence-corrected chi connectivity index (χ0v) is 10.6. The number of thioether (sulfide) groups is 1. The van der Waals surface area contributed by atoms with Gasteiger partial charge in [0.15, 0.2) is 0 Å². The molecule has 0 heterocycles. The number of nitrogens with two attached hydrogens (primary N) is 1. The van der Waals surface area contributed by atoms with Crippen LogP contribution in [0, 0.1) is 0 Å². The predicted octanol–water partition coefficient (Wildman–Crippen LogP) is 1.37. The van der Waals surface area contributed by atoms with Gasteiger partial charge in [-0.1, -0.05) is 34.6 Å². The maximum Gasteiger partial charge on any atom is 0.235 e. The quantitative estimate of drug-likeness (QED) is 0.733. The third kappa shape index (κ3) is 7.21. The Balaban J connectivity index is 4.05. The molecule has 1 atom stereocenters. The summed E-state index contributed by atoms with van der Waals surface area (Å²) < 4.78 is 0.173. The number of primary amides is 1. The number of carbonyl (C=O) groups is 1. The van der Waals surface area contributed by atoms with Crippen molar-refractivity contribution in [2.24, 2.45) is 5.73 Å². The zero-order chi connectivity index (χ0) is 11.4. The van der Waals surface area contributed by atoms with Crippen molar-refractivity contribution in [1.29, 1.82) is 0 Å². The van der Waals surface area contributed by atoms with Crippen molar-refractivity contribution >= 4 is 17.7 Å². The molecular formula is C10H22N2OS. The van der Waals surface area contributed by atoms with Crippen LogP contribution in [-0.2, 0) is 4.79 Å². The summed E-state index contributed by atoms with van der Waals surface area (Å²) in [4.78, 5) is 11.1. The molecule has 84 valence electrons. The molecule has 1 amide bonds. The van der Waals surface area contributed by atoms with Gasteiger partial charge in [-0.3, -0.25) is 4.79 Å². The molecule has 0 spiro atoms. The minimum atomic E-state index is -0.268. The second-order valence-electron chi connectivity index (χ2n) is 4.70. The first kappa shape index (κ1) is 13.8. The molecule has 1 unspecified atom stereocenters. The fourth-order valence-electron chi connectivity index (χ4n) is 0.948. The maximum atomic E-state index is 11.1. The van der Waals surface area contributed by atoms with E-state index in [1.165, 1.54) is 0 Å². The fourth-order valence-corrected chi connectivity index (χ4v) is 1.88. The van der Waals surface area contributed by atoms with Crippen LogP contribution in [0.1, 0.15) is 34.6 Å². The van der Waals surface area contributed by atoms with Crippen LogP contribution in [0.3, 0.4) is 0 Å². The molecule has 0 fully saturated rings. The molecule has 0 aromatic heterocycles. The smallest absolute Gasteiger partial charge is 0.235 e. The van der Waals surface area contributed by atoms with Gasteiger partial charge in [-0.05, 0) is 0 Å². The maximum absolute atomic E-state index is 11.1. The Morgan fingerprint density at radius 2 is 1.93 bits per heavy atom. The van der Waals surface area contributed by atoms with Gasteiger partial charge >= 0.3 is 0 Å². The molecule has 0 aliphatic carbocycles. The average Bonchev–Trinajstić information content (AvgIpc) is 1.94. The number of carbonyl (C=O) groups excluding carboxylic acids is 1. The monoisotopic (exact) mass is 218 g/mol. The molecule has 0 aliphatic rings. The Morgan fingerprint density at radius 1 is 1.43 bits per heavy atom. The number of hydrogen-bond acceptors (Lipinski definition) is 3. The van der Waals surface area contributed by atoms with E-state index >= 15 is 0 Å². The van der Waals surface area contributed by atoms with E-state index in [0.29, 0.717) is 0 Å². The first-order valence-corrected chi connectivity index (χ1v) is 5.90. The Bertz CT molecular complexity index is 187. The first-order chi connectivity index (χ1) is 6.22. The molecule has 0 bridgehead atoms. The van der Waals surface area contributed by atoms with Crippen LogP contribution < -0.4 is 11.1 Å². The van der Waals surface area contributed by atoms with Gasteiger partial charge in [0.25, 0.3) is 0 Å². The molecule has 4 heteroatoms. The van der Waals surface area contributed by atoms with Gasteiger partial charge in [-0.25, -0.2) is 0 Å². The van der Waals surface area contributed by atoms with Crippen LogP contribution in [0.25, 0.3) is 0 Å². The summed E-state index contributed by atoms with van der Waals surface area (Å²) in [6, 6.07) is 0.0623. The molecule has 0 radical (unpaired) electrons. The van der Waals surface area contributed by atoms with Gasteiger partial charge in [-0.15, -0.1) is 0 Å². The SMILES string of the molecule is CC(C)NC(CSC(C)(C)C)C(N)=O. The molecule has 0 saturated heterocycles. The highest BCUT2D eigenvalue weighted by Crippen LogP contribution is 2.23. The van der Waals surface area contributed by atoms with E-state index in [1.807, 2.05) is 13.8 Å². The summed E-state index contributed by atoms with van der Waals surface area (Å²) in [7, 11) is 0. The third-order valence-electron chi connectivity index (χ3n) is 1.56. The van der Waals surface area contributed by atoms with E-state index in [1.54, 1.807) is 11.8 Å². The Hall–Kier alpha value is -0.220. The normalized spacial score (nSPS) is 14.4. The van der Waals surface area contributed by atoms with Gasteiger partial charge in [0, 0.05) is 16.5 Å². The lowest BCUT2D eigenvalue weighted by molar-refractivity contribution is -0.119. The minimum Gasteiger partial charge on any atom is -0.368 e. The number of rotatable bonds is 5. The van der Waals surface area contributed by atoms with Crippen LogP contribution in [0.15, 0.2) is 0 Å². The van der Waals surface area contributed by atoms with Crippen molar-refractivity contribution in [3.8, 4) is 0 Å². The predicted molar refractivity (Wildman–Crippen MR) is 63.5 cm³/mol. The Labute approximate surface area is 91.2 Å². The lowest BCUT2D eigenvalue weighted by Crippen LogP contribution is -2.46. The highest BCUT2D eigenvalue weighted by molar-refractivity contribution is 8.00. The van der Waals surface area contributed by atoms with E-state index in [4.69, 9.17) is 5.73 Å². The molecule has 0 aromatic carbocycles. The number of amides is 1. The number of nitrogens with one attached hydrogen (secondary N) is 1. The number of hydrogen-bond donors (Lipinski definition) is 2. The van der Waals surface area contributed by atoms with Crippen molar-refractivity contribution in [3.63, 3.8) is 0 Å². The summed E-state index contributed by atoms with van der Waals surface area (Å²) >= 11 is 1.75. The molecule has 3 nitrogen and oxygen atoms in total. The van der Waals surface area contributed by atoms with E-state index in [-0.39, 0.29) is 22.7 Å². The first-order valence-electron chi connectivity index (χ1n) is 4.91. The Morgan fingerprint density at radius 3 is 2.21 bits per heavy atom. The average molecular weight is 218 g/mol. The lowest BCUT2D eigenvalue weighted by atomic mass is 10.2. The van der Waals surface area contributed by atoms with Crippen LogP contribution in [-0.4, -0.2) is 28.5 Å². The summed E-state index contributed by atoms with van der Waals surface area (Å²) in [6.07, 6.45) is 0. The Kier molecular flexibility index (Phi) is 5.52. The highest BCUT2D eigenvalue weighted by Gasteiger charge is 2.19. The molecule has 0 saturated carbocycles. The molecule has 0 rings (SSSR count). The van der Waals surface area contributed by atoms with Crippen LogP contribution >= 0.6 is 11.8 Å². The van der Waals surface area contributed by atoms with Gasteiger partial charge in [0.2, 0.25) is 5.91 Å². The minimum absolute atomic E-state index is 0.173. The van der Waals surface area contributed by atoms with E-state index in [9.17, 15) is 4.79 Å². The van der Waals surface area contributed by atoms with Crippen LogP contribution in [0.5, 0.6) is 0 Å². The van der Waals surface area contributed by atoms with Crippen molar-refractivity contribution < 1.29 is 4.79 Å². The third-order valence-corrected chi connectivity index (χ3v) is 2.93. The lowest BCUT2D eigenvalue weighted by Gasteiger charge is -2.23. The summed E-state index contributed by atoms with van der Waals surface area (Å²) in [5.41, 5.74) is 5.30. The molecule has 14 heavy (non-hydrogen) atoms. The summed E-state index contributed by atoms with van der Waals surface area (Å²) in [5.74, 6) is 0.465. The van der Waals surface area contributed by atoms with E-state index in [0.717, 1.165) is 5.75 Å². The molecule has 0 aliphatic heterocycles. The van der Waals surface area contributed by atoms with Gasteiger partial charge in [-0.2, -0.15) is 11.8 Å². The molecular weight excluding hydrogens is 196 g/mol. The van der Waals surface area contributed by atoms with E-state index < -0.39 is 0 Å². The largest absolute Gasteiger partial charge is 0.368 e. The zero-order valence-electron chi connectivity index (χ0n) is 9.76. The second kappa shape index (κ2) is 5.61. The van der Waals surface area contributed by atoms with Crippen molar-refractivity contribution in [2.75, 3.05) is 5.75 Å². The highest BCUT2D eigenvalue weighted by atomic mass is 32.2. The second-order valence-corrected chi connectivity index (χ2v) is 6.55. The fraction of sp³-hybridized carbons (Fsp3) is 0.900. The molecule has 0 aromatic rings. The van der Waals surface area contributed by atoms with Crippen molar-refractivity contribution in [1.82, 2.24) is 5.32 Å². The topological polar surface area (TPSA) is 55.1 Å². The van der Waals surface area contributed by atoms with Gasteiger partial charge < -0.3 is 11.1 Å². The summed E-state index contributed by atoms with van der Waals surface area (Å²) in [5, 5.41) is 3.16. The summed E-state index contributed by atoms with van der Waals surface area (Å²) in [6.45, 7) is 10.4. The van der Waals surface area contributed by atoms with Crippen molar-refractivity contribution in [2.45, 2.75) is 51.4 Å². The van der Waals surface area contributed by atoms with Gasteiger partial charge in [0.1, 0.15) is 0 Å². The molecule has 3 N–H and O–H groups in total. The standard InChI is InChI=1S/C10H22N2OS/c1-7(2)12-8(9(11)13)6-14-10(3,4)5/h7-8,12H,6H2,1-5H3,(H2,11,13). The van der Waals surface area contributed by atoms with Gasteiger partial charge in [0.05, 0.1) is 6.04 Å². The van der Waals surface area contributed by atoms with Crippen LogP contribution in [0.2, 0.25) is 0 Å². The van der Waals surface area contributed by atoms with Crippen molar-refractivity contribution in [3.05, 3.63) is 0 Å². The van der Waals surface area contributed by atoms with E-state index in [2.05, 4.69) is 26.1 Å².